The number of carbonyl (C=O) groups is 1. The fourth-order valence-electron chi connectivity index (χ4n) is 1.78. The van der Waals surface area contributed by atoms with Crippen LogP contribution in [-0.4, -0.2) is 18.9 Å². The molecule has 6 heteroatoms. The maximum Gasteiger partial charge on any atom is 0.416 e. The van der Waals surface area contributed by atoms with Gasteiger partial charge in [0.2, 0.25) is 0 Å². The van der Waals surface area contributed by atoms with Crippen LogP contribution in [-0.2, 0) is 11.0 Å². The molecule has 1 aromatic rings. The molecule has 0 atom stereocenters. The van der Waals surface area contributed by atoms with E-state index in [9.17, 15) is 18.0 Å². The summed E-state index contributed by atoms with van der Waals surface area (Å²) >= 11 is 5.81. The Morgan fingerprint density at radius 1 is 1.29 bits per heavy atom. The van der Waals surface area contributed by atoms with Crippen molar-refractivity contribution in [1.29, 1.82) is 0 Å². The van der Waals surface area contributed by atoms with Crippen LogP contribution in [0.25, 0.3) is 0 Å². The summed E-state index contributed by atoms with van der Waals surface area (Å²) in [7, 11) is 0. The van der Waals surface area contributed by atoms with Crippen LogP contribution in [0.3, 0.4) is 0 Å². The summed E-state index contributed by atoms with van der Waals surface area (Å²) in [6.07, 6.45) is -3.99. The molecule has 0 N–H and O–H groups in total. The predicted octanol–water partition coefficient (Wildman–Crippen LogP) is 3.14. The quantitative estimate of drug-likeness (QED) is 0.776. The van der Waals surface area contributed by atoms with Crippen LogP contribution < -0.4 is 4.90 Å². The third-order valence-corrected chi connectivity index (χ3v) is 2.95. The molecule has 0 bridgehead atoms. The van der Waals surface area contributed by atoms with Crippen LogP contribution in [0.4, 0.5) is 18.9 Å². The largest absolute Gasteiger partial charge is 0.416 e. The monoisotopic (exact) mass is 263 g/mol. The third kappa shape index (κ3) is 2.54. The minimum absolute atomic E-state index is 0.0227. The smallest absolute Gasteiger partial charge is 0.363 e. The van der Waals surface area contributed by atoms with E-state index >= 15 is 0 Å². The highest BCUT2D eigenvalue weighted by atomic mass is 35.5. The Labute approximate surface area is 101 Å². The van der Waals surface area contributed by atoms with Gasteiger partial charge in [0.1, 0.15) is 0 Å². The van der Waals surface area contributed by atoms with E-state index in [2.05, 4.69) is 0 Å². The lowest BCUT2D eigenvalue weighted by atomic mass is 10.2. The van der Waals surface area contributed by atoms with Crippen LogP contribution in [0.1, 0.15) is 12.0 Å². The molecule has 1 saturated heterocycles. The average Bonchev–Trinajstić information content (AvgIpc) is 2.63. The molecule has 0 amide bonds. The topological polar surface area (TPSA) is 20.3 Å². The number of nitrogens with zero attached hydrogens (tertiary/aromatic N) is 1. The highest BCUT2D eigenvalue weighted by molar-refractivity contribution is 6.33. The van der Waals surface area contributed by atoms with Gasteiger partial charge in [0.15, 0.2) is 5.78 Å². The van der Waals surface area contributed by atoms with E-state index in [1.165, 1.54) is 6.07 Å². The lowest BCUT2D eigenvalue weighted by Crippen LogP contribution is -2.20. The number of carbonyl (C=O) groups excluding carboxylic acids is 1. The van der Waals surface area contributed by atoms with Gasteiger partial charge in [-0.1, -0.05) is 11.6 Å². The molecule has 1 fully saturated rings. The van der Waals surface area contributed by atoms with E-state index in [1.807, 2.05) is 0 Å². The maximum absolute atomic E-state index is 12.4. The van der Waals surface area contributed by atoms with E-state index in [1.54, 1.807) is 4.90 Å². The Kier molecular flexibility index (Phi) is 3.03. The second kappa shape index (κ2) is 4.22. The molecule has 92 valence electrons. The Balaban J connectivity index is 2.29. The van der Waals surface area contributed by atoms with Crippen molar-refractivity contribution in [3.05, 3.63) is 28.8 Å². The zero-order valence-electron chi connectivity index (χ0n) is 8.72. The summed E-state index contributed by atoms with van der Waals surface area (Å²) in [4.78, 5) is 12.8. The van der Waals surface area contributed by atoms with Crippen molar-refractivity contribution in [3.63, 3.8) is 0 Å². The van der Waals surface area contributed by atoms with Gasteiger partial charge >= 0.3 is 6.18 Å². The molecule has 2 nitrogen and oxygen atoms in total. The number of Topliss-reactive ketones (excluding diaryl/α,β-unsaturated/α-hetero) is 1. The van der Waals surface area contributed by atoms with Crippen molar-refractivity contribution >= 4 is 23.1 Å². The van der Waals surface area contributed by atoms with Crippen molar-refractivity contribution in [2.75, 3.05) is 18.0 Å². The number of alkyl halides is 3. The number of hydrogen-bond donors (Lipinski definition) is 0. The molecule has 1 aliphatic heterocycles. The molecule has 2 rings (SSSR count). The minimum atomic E-state index is -4.40. The van der Waals surface area contributed by atoms with E-state index in [4.69, 9.17) is 11.6 Å². The van der Waals surface area contributed by atoms with E-state index in [-0.39, 0.29) is 17.4 Å². The SMILES string of the molecule is O=C1CCN(c2ccc(C(F)(F)F)cc2Cl)C1. The van der Waals surface area contributed by atoms with Gasteiger partial charge in [-0.2, -0.15) is 13.2 Å². The molecule has 17 heavy (non-hydrogen) atoms. The van der Waals surface area contributed by atoms with Gasteiger partial charge in [-0.25, -0.2) is 0 Å². The molecular weight excluding hydrogens is 255 g/mol. The number of benzene rings is 1. The molecule has 1 aromatic carbocycles. The molecule has 0 unspecified atom stereocenters. The van der Waals surface area contributed by atoms with Crippen molar-refractivity contribution in [3.8, 4) is 0 Å². The Morgan fingerprint density at radius 3 is 2.47 bits per heavy atom. The summed E-state index contributed by atoms with van der Waals surface area (Å²) < 4.78 is 37.2. The molecule has 1 heterocycles. The normalized spacial score (nSPS) is 16.7. The average molecular weight is 264 g/mol. The van der Waals surface area contributed by atoms with Crippen molar-refractivity contribution in [2.24, 2.45) is 0 Å². The van der Waals surface area contributed by atoms with Crippen LogP contribution in [0.5, 0.6) is 0 Å². The maximum atomic E-state index is 12.4. The van der Waals surface area contributed by atoms with E-state index in [0.29, 0.717) is 18.7 Å². The highest BCUT2D eigenvalue weighted by Gasteiger charge is 2.31. The molecule has 0 radical (unpaired) electrons. The number of hydrogen-bond acceptors (Lipinski definition) is 2. The first-order valence-corrected chi connectivity index (χ1v) is 5.39. The molecular formula is C11H9ClF3NO. The summed E-state index contributed by atoms with van der Waals surface area (Å²) in [5.41, 5.74) is -0.303. The summed E-state index contributed by atoms with van der Waals surface area (Å²) in [6, 6.07) is 3.17. The minimum Gasteiger partial charge on any atom is -0.363 e. The summed E-state index contributed by atoms with van der Waals surface area (Å²) in [5.74, 6) is 0.0703. The van der Waals surface area contributed by atoms with Gasteiger partial charge in [-0.3, -0.25) is 4.79 Å². The summed E-state index contributed by atoms with van der Waals surface area (Å²) in [6.45, 7) is 0.717. The van der Waals surface area contributed by atoms with Gasteiger partial charge in [-0.05, 0) is 18.2 Å². The standard InChI is InChI=1S/C11H9ClF3NO/c12-9-5-7(11(13,14)15)1-2-10(9)16-4-3-8(17)6-16/h1-2,5H,3-4,6H2. The van der Waals surface area contributed by atoms with Crippen LogP contribution in [0.15, 0.2) is 18.2 Å². The number of rotatable bonds is 1. The zero-order chi connectivity index (χ0) is 12.6. The van der Waals surface area contributed by atoms with Gasteiger partial charge in [0.25, 0.3) is 0 Å². The highest BCUT2D eigenvalue weighted by Crippen LogP contribution is 2.35. The Hall–Kier alpha value is -1.23. The fourth-order valence-corrected chi connectivity index (χ4v) is 2.08. The molecule has 0 saturated carbocycles. The van der Waals surface area contributed by atoms with Crippen molar-refractivity contribution in [2.45, 2.75) is 12.6 Å². The molecule has 0 aliphatic carbocycles. The Bertz CT molecular complexity index is 459. The predicted molar refractivity (Wildman–Crippen MR) is 58.3 cm³/mol. The number of halogens is 4. The number of anilines is 1. The lowest BCUT2D eigenvalue weighted by molar-refractivity contribution is -0.137. The lowest BCUT2D eigenvalue weighted by Gasteiger charge is -2.19. The summed E-state index contributed by atoms with van der Waals surface area (Å²) in [5, 5.41) is 0.0227. The molecule has 0 spiro atoms. The molecule has 0 aromatic heterocycles. The van der Waals surface area contributed by atoms with E-state index < -0.39 is 11.7 Å². The molecule has 1 aliphatic rings. The van der Waals surface area contributed by atoms with Crippen LogP contribution in [0.2, 0.25) is 5.02 Å². The Morgan fingerprint density at radius 2 is 2.00 bits per heavy atom. The number of ketones is 1. The fraction of sp³-hybridized carbons (Fsp3) is 0.364. The van der Waals surface area contributed by atoms with Crippen LogP contribution in [0, 0.1) is 0 Å². The van der Waals surface area contributed by atoms with Gasteiger partial charge in [-0.15, -0.1) is 0 Å². The first-order valence-electron chi connectivity index (χ1n) is 5.01. The third-order valence-electron chi connectivity index (χ3n) is 2.64. The van der Waals surface area contributed by atoms with Crippen molar-refractivity contribution < 1.29 is 18.0 Å². The van der Waals surface area contributed by atoms with Crippen molar-refractivity contribution in [1.82, 2.24) is 0 Å². The van der Waals surface area contributed by atoms with Gasteiger partial charge in [0.05, 0.1) is 22.8 Å². The second-order valence-corrected chi connectivity index (χ2v) is 4.28. The van der Waals surface area contributed by atoms with Gasteiger partial charge < -0.3 is 4.90 Å². The first kappa shape index (κ1) is 12.2. The van der Waals surface area contributed by atoms with Crippen LogP contribution >= 0.6 is 11.6 Å². The van der Waals surface area contributed by atoms with E-state index in [0.717, 1.165) is 12.1 Å². The second-order valence-electron chi connectivity index (χ2n) is 3.87. The zero-order valence-corrected chi connectivity index (χ0v) is 9.48. The first-order chi connectivity index (χ1) is 7.88. The van der Waals surface area contributed by atoms with Gasteiger partial charge in [0, 0.05) is 13.0 Å².